The van der Waals surface area contributed by atoms with E-state index in [4.69, 9.17) is 17.0 Å². The predicted molar refractivity (Wildman–Crippen MR) is 103 cm³/mol. The van der Waals surface area contributed by atoms with Gasteiger partial charge in [-0.25, -0.2) is 4.39 Å². The van der Waals surface area contributed by atoms with Crippen LogP contribution in [-0.2, 0) is 7.05 Å². The van der Waals surface area contributed by atoms with Gasteiger partial charge in [0.25, 0.3) is 5.91 Å². The van der Waals surface area contributed by atoms with Gasteiger partial charge in [0.2, 0.25) is 0 Å². The summed E-state index contributed by atoms with van der Waals surface area (Å²) < 4.78 is 21.1. The Balaban J connectivity index is 1.90. The fourth-order valence-corrected chi connectivity index (χ4v) is 2.44. The van der Waals surface area contributed by atoms with Crippen LogP contribution in [0.15, 0.2) is 24.3 Å². The first-order chi connectivity index (χ1) is 12.4. The summed E-state index contributed by atoms with van der Waals surface area (Å²) >= 11 is 5.10. The molecule has 0 fully saturated rings. The molecule has 0 saturated heterocycles. The molecular formula is C18H23FN4O2S. The predicted octanol–water partition coefficient (Wildman–Crippen LogP) is 3.56. The molecule has 0 saturated carbocycles. The lowest BCUT2D eigenvalue weighted by atomic mass is 10.2. The summed E-state index contributed by atoms with van der Waals surface area (Å²) in [6.07, 6.45) is 3.01. The Kier molecular flexibility index (Phi) is 7.08. The molecular weight excluding hydrogens is 355 g/mol. The zero-order valence-electron chi connectivity index (χ0n) is 15.1. The number of amides is 1. The highest BCUT2D eigenvalue weighted by molar-refractivity contribution is 7.80. The number of benzene rings is 1. The average molecular weight is 378 g/mol. The van der Waals surface area contributed by atoms with Crippen molar-refractivity contribution in [2.45, 2.75) is 33.1 Å². The number of nitrogens with zero attached hydrogens (tertiary/aromatic N) is 2. The first-order valence-corrected chi connectivity index (χ1v) is 8.87. The topological polar surface area (TPSA) is 68.2 Å². The number of ether oxygens (including phenoxy) is 1. The van der Waals surface area contributed by atoms with Gasteiger partial charge in [-0.1, -0.05) is 19.8 Å². The van der Waals surface area contributed by atoms with E-state index in [9.17, 15) is 9.18 Å². The van der Waals surface area contributed by atoms with Crippen molar-refractivity contribution in [1.29, 1.82) is 0 Å². The number of rotatable bonds is 7. The zero-order valence-corrected chi connectivity index (χ0v) is 16.0. The summed E-state index contributed by atoms with van der Waals surface area (Å²) in [5.74, 6) is -0.714. The molecule has 2 aromatic rings. The molecule has 0 radical (unpaired) electrons. The molecule has 0 aliphatic heterocycles. The first-order valence-electron chi connectivity index (χ1n) is 8.46. The summed E-state index contributed by atoms with van der Waals surface area (Å²) in [5.41, 5.74) is 1.53. The number of carbonyl (C=O) groups excluding carboxylic acids is 1. The molecule has 26 heavy (non-hydrogen) atoms. The third-order valence-electron chi connectivity index (χ3n) is 3.77. The van der Waals surface area contributed by atoms with E-state index in [1.807, 2.05) is 6.92 Å². The van der Waals surface area contributed by atoms with E-state index < -0.39 is 11.7 Å². The molecule has 0 atom stereocenters. The molecule has 0 unspecified atom stereocenters. The number of aromatic nitrogens is 2. The van der Waals surface area contributed by atoms with Gasteiger partial charge < -0.3 is 10.1 Å². The molecule has 8 heteroatoms. The molecule has 6 nitrogen and oxygen atoms in total. The number of aryl methyl sites for hydroxylation is 2. The minimum absolute atomic E-state index is 0.0642. The molecule has 1 amide bonds. The van der Waals surface area contributed by atoms with Crippen molar-refractivity contribution in [3.8, 4) is 5.75 Å². The Labute approximate surface area is 157 Å². The van der Waals surface area contributed by atoms with Crippen molar-refractivity contribution in [2.75, 3.05) is 11.9 Å². The van der Waals surface area contributed by atoms with Crippen LogP contribution in [-0.4, -0.2) is 27.4 Å². The van der Waals surface area contributed by atoms with E-state index in [1.54, 1.807) is 23.9 Å². The van der Waals surface area contributed by atoms with Gasteiger partial charge >= 0.3 is 0 Å². The van der Waals surface area contributed by atoms with Crippen molar-refractivity contribution in [1.82, 2.24) is 15.1 Å². The fourth-order valence-electron chi connectivity index (χ4n) is 2.23. The third kappa shape index (κ3) is 5.52. The minimum Gasteiger partial charge on any atom is -0.491 e. The lowest BCUT2D eigenvalue weighted by Gasteiger charge is -2.11. The van der Waals surface area contributed by atoms with Gasteiger partial charge in [0, 0.05) is 24.5 Å². The highest BCUT2D eigenvalue weighted by Crippen LogP contribution is 2.21. The standard InChI is InChI=1S/C18H23FN4O2S/c1-4-5-6-9-25-16-8-7-13(11-14(16)19)20-18(26)21-17(24)15-10-12(2)23(3)22-15/h7-8,10-11H,4-6,9H2,1-3H3,(H2,20,21,24,26). The van der Waals surface area contributed by atoms with Gasteiger partial charge in [0.05, 0.1) is 6.61 Å². The maximum absolute atomic E-state index is 14.1. The van der Waals surface area contributed by atoms with E-state index in [2.05, 4.69) is 22.7 Å². The van der Waals surface area contributed by atoms with E-state index in [0.717, 1.165) is 25.0 Å². The van der Waals surface area contributed by atoms with Crippen LogP contribution < -0.4 is 15.4 Å². The Morgan fingerprint density at radius 3 is 2.73 bits per heavy atom. The van der Waals surface area contributed by atoms with Crippen LogP contribution in [0.5, 0.6) is 5.75 Å². The second-order valence-electron chi connectivity index (χ2n) is 5.90. The Morgan fingerprint density at radius 2 is 2.12 bits per heavy atom. The quantitative estimate of drug-likeness (QED) is 0.570. The van der Waals surface area contributed by atoms with Crippen LogP contribution in [0.25, 0.3) is 0 Å². The number of hydrogen-bond acceptors (Lipinski definition) is 4. The van der Waals surface area contributed by atoms with Crippen LogP contribution in [0, 0.1) is 12.7 Å². The van der Waals surface area contributed by atoms with Crippen molar-refractivity contribution in [3.05, 3.63) is 41.5 Å². The maximum atomic E-state index is 14.1. The van der Waals surface area contributed by atoms with Crippen LogP contribution in [0.4, 0.5) is 10.1 Å². The van der Waals surface area contributed by atoms with E-state index in [-0.39, 0.29) is 16.6 Å². The lowest BCUT2D eigenvalue weighted by Crippen LogP contribution is -2.34. The smallest absolute Gasteiger partial charge is 0.277 e. The molecule has 2 N–H and O–H groups in total. The van der Waals surface area contributed by atoms with Crippen LogP contribution in [0.2, 0.25) is 0 Å². The number of carbonyl (C=O) groups is 1. The summed E-state index contributed by atoms with van der Waals surface area (Å²) in [6, 6.07) is 6.11. The molecule has 140 valence electrons. The number of thiocarbonyl (C=S) groups is 1. The van der Waals surface area contributed by atoms with Crippen LogP contribution >= 0.6 is 12.2 Å². The van der Waals surface area contributed by atoms with E-state index in [1.165, 1.54) is 12.1 Å². The molecule has 2 rings (SSSR count). The fraction of sp³-hybridized carbons (Fsp3) is 0.389. The van der Waals surface area contributed by atoms with Gasteiger partial charge in [-0.05, 0) is 43.8 Å². The third-order valence-corrected chi connectivity index (χ3v) is 3.97. The van der Waals surface area contributed by atoms with Crippen molar-refractivity contribution in [2.24, 2.45) is 7.05 Å². The number of unbranched alkanes of at least 4 members (excludes halogenated alkanes) is 2. The Bertz CT molecular complexity index is 772. The SMILES string of the molecule is CCCCCOc1ccc(NC(=S)NC(=O)c2cc(C)n(C)n2)cc1F. The van der Waals surface area contributed by atoms with Gasteiger partial charge in [0.1, 0.15) is 0 Å². The minimum atomic E-state index is -0.485. The van der Waals surface area contributed by atoms with Crippen molar-refractivity contribution < 1.29 is 13.9 Å². The highest BCUT2D eigenvalue weighted by atomic mass is 32.1. The molecule has 0 aliphatic rings. The second kappa shape index (κ2) is 9.28. The summed E-state index contributed by atoms with van der Waals surface area (Å²) in [6.45, 7) is 4.42. The molecule has 1 heterocycles. The monoisotopic (exact) mass is 378 g/mol. The molecule has 0 bridgehead atoms. The molecule has 0 spiro atoms. The highest BCUT2D eigenvalue weighted by Gasteiger charge is 2.13. The normalized spacial score (nSPS) is 10.5. The lowest BCUT2D eigenvalue weighted by molar-refractivity contribution is 0.0972. The van der Waals surface area contributed by atoms with E-state index in [0.29, 0.717) is 12.3 Å². The number of hydrogen-bond donors (Lipinski definition) is 2. The van der Waals surface area contributed by atoms with Gasteiger partial charge in [-0.15, -0.1) is 0 Å². The average Bonchev–Trinajstić information content (AvgIpc) is 2.92. The second-order valence-corrected chi connectivity index (χ2v) is 6.31. The molecule has 0 aliphatic carbocycles. The number of halogens is 1. The first kappa shape index (κ1) is 19.8. The number of anilines is 1. The Hall–Kier alpha value is -2.48. The van der Waals surface area contributed by atoms with Gasteiger partial charge in [0.15, 0.2) is 22.4 Å². The van der Waals surface area contributed by atoms with Crippen molar-refractivity contribution in [3.63, 3.8) is 0 Å². The van der Waals surface area contributed by atoms with Gasteiger partial charge in [-0.3, -0.25) is 14.8 Å². The summed E-state index contributed by atoms with van der Waals surface area (Å²) in [7, 11) is 1.75. The van der Waals surface area contributed by atoms with Crippen LogP contribution in [0.1, 0.15) is 42.4 Å². The van der Waals surface area contributed by atoms with Crippen LogP contribution in [0.3, 0.4) is 0 Å². The largest absolute Gasteiger partial charge is 0.491 e. The Morgan fingerprint density at radius 1 is 1.35 bits per heavy atom. The summed E-state index contributed by atoms with van der Waals surface area (Å²) in [5, 5.41) is 9.44. The van der Waals surface area contributed by atoms with Gasteiger partial charge in [-0.2, -0.15) is 5.10 Å². The number of nitrogens with one attached hydrogen (secondary N) is 2. The maximum Gasteiger partial charge on any atom is 0.277 e. The van der Waals surface area contributed by atoms with E-state index >= 15 is 0 Å². The molecule has 1 aromatic carbocycles. The zero-order chi connectivity index (χ0) is 19.1. The summed E-state index contributed by atoms with van der Waals surface area (Å²) in [4.78, 5) is 12.1. The van der Waals surface area contributed by atoms with Crippen molar-refractivity contribution >= 4 is 28.9 Å². The molecule has 1 aromatic heterocycles.